The second kappa shape index (κ2) is 7.90. The molecule has 2 aromatic rings. The standard InChI is InChI=1S/C19H26FN3O/c1-3-11-24-16-7-6-10-23(14-16)13-15-12-22(2)21-19(15)17-8-4-5-9-18(17)20/h4-5,8-9,12,16H,3,6-7,10-11,13-14H2,1-2H3/t16-/m0/s1. The Balaban J connectivity index is 1.75. The van der Waals surface area contributed by atoms with Crippen LogP contribution >= 0.6 is 0 Å². The van der Waals surface area contributed by atoms with Gasteiger partial charge in [0, 0.05) is 44.1 Å². The van der Waals surface area contributed by atoms with E-state index in [1.165, 1.54) is 6.07 Å². The lowest BCUT2D eigenvalue weighted by atomic mass is 10.0. The van der Waals surface area contributed by atoms with E-state index in [9.17, 15) is 4.39 Å². The highest BCUT2D eigenvalue weighted by molar-refractivity contribution is 5.63. The topological polar surface area (TPSA) is 30.3 Å². The fourth-order valence-corrected chi connectivity index (χ4v) is 3.35. The van der Waals surface area contributed by atoms with Crippen molar-refractivity contribution in [1.29, 1.82) is 0 Å². The summed E-state index contributed by atoms with van der Waals surface area (Å²) in [6.07, 6.45) is 5.63. The minimum absolute atomic E-state index is 0.222. The van der Waals surface area contributed by atoms with Gasteiger partial charge in [-0.2, -0.15) is 5.10 Å². The minimum Gasteiger partial charge on any atom is -0.377 e. The molecule has 0 bridgehead atoms. The molecule has 24 heavy (non-hydrogen) atoms. The summed E-state index contributed by atoms with van der Waals surface area (Å²) in [6.45, 7) is 5.73. The molecule has 1 aliphatic heterocycles. The predicted octanol–water partition coefficient (Wildman–Crippen LogP) is 3.62. The first kappa shape index (κ1) is 17.1. The van der Waals surface area contributed by atoms with E-state index in [1.54, 1.807) is 16.8 Å². The van der Waals surface area contributed by atoms with E-state index in [0.29, 0.717) is 11.7 Å². The number of benzene rings is 1. The van der Waals surface area contributed by atoms with Gasteiger partial charge in [-0.15, -0.1) is 0 Å². The zero-order chi connectivity index (χ0) is 16.9. The van der Waals surface area contributed by atoms with Crippen molar-refractivity contribution in [2.24, 2.45) is 7.05 Å². The number of nitrogens with zero attached hydrogens (tertiary/aromatic N) is 3. The quantitative estimate of drug-likeness (QED) is 0.810. The maximum Gasteiger partial charge on any atom is 0.132 e. The number of ether oxygens (including phenoxy) is 1. The van der Waals surface area contributed by atoms with E-state index in [1.807, 2.05) is 19.3 Å². The number of hydrogen-bond donors (Lipinski definition) is 0. The van der Waals surface area contributed by atoms with E-state index in [4.69, 9.17) is 4.74 Å². The Morgan fingerprint density at radius 2 is 2.17 bits per heavy atom. The first-order chi connectivity index (χ1) is 11.7. The summed E-state index contributed by atoms with van der Waals surface area (Å²) in [6, 6.07) is 6.85. The molecule has 1 aromatic carbocycles. The molecule has 1 aromatic heterocycles. The first-order valence-corrected chi connectivity index (χ1v) is 8.78. The van der Waals surface area contributed by atoms with Crippen molar-refractivity contribution in [2.45, 2.75) is 38.8 Å². The maximum atomic E-state index is 14.2. The zero-order valence-electron chi connectivity index (χ0n) is 14.5. The van der Waals surface area contributed by atoms with Crippen LogP contribution < -0.4 is 0 Å². The fraction of sp³-hybridized carbons (Fsp3) is 0.526. The number of rotatable bonds is 6. The van der Waals surface area contributed by atoms with Crippen LogP contribution in [0.1, 0.15) is 31.7 Å². The molecule has 1 fully saturated rings. The van der Waals surface area contributed by atoms with E-state index in [0.717, 1.165) is 56.8 Å². The molecule has 0 amide bonds. The molecule has 0 radical (unpaired) electrons. The molecular weight excluding hydrogens is 305 g/mol. The van der Waals surface area contributed by atoms with Gasteiger partial charge in [-0.3, -0.25) is 9.58 Å². The number of aromatic nitrogens is 2. The van der Waals surface area contributed by atoms with Gasteiger partial charge >= 0.3 is 0 Å². The minimum atomic E-state index is -0.222. The molecule has 0 saturated carbocycles. The highest BCUT2D eigenvalue weighted by Gasteiger charge is 2.22. The van der Waals surface area contributed by atoms with Crippen LogP contribution in [0.4, 0.5) is 4.39 Å². The average Bonchev–Trinajstić information content (AvgIpc) is 2.94. The molecule has 1 saturated heterocycles. The van der Waals surface area contributed by atoms with Gasteiger partial charge in [0.15, 0.2) is 0 Å². The van der Waals surface area contributed by atoms with Gasteiger partial charge in [-0.05, 0) is 37.9 Å². The van der Waals surface area contributed by atoms with Crippen LogP contribution in [-0.2, 0) is 18.3 Å². The summed E-state index contributed by atoms with van der Waals surface area (Å²) in [4.78, 5) is 2.39. The van der Waals surface area contributed by atoms with Crippen LogP contribution in [0.3, 0.4) is 0 Å². The maximum absolute atomic E-state index is 14.2. The van der Waals surface area contributed by atoms with Gasteiger partial charge < -0.3 is 4.74 Å². The van der Waals surface area contributed by atoms with E-state index >= 15 is 0 Å². The molecule has 0 aliphatic carbocycles. The number of aryl methyl sites for hydroxylation is 1. The summed E-state index contributed by atoms with van der Waals surface area (Å²) >= 11 is 0. The Kier molecular flexibility index (Phi) is 5.63. The van der Waals surface area contributed by atoms with Crippen molar-refractivity contribution >= 4 is 0 Å². The summed E-state index contributed by atoms with van der Waals surface area (Å²) < 4.78 is 21.8. The molecule has 0 unspecified atom stereocenters. The fourth-order valence-electron chi connectivity index (χ4n) is 3.35. The molecule has 4 nitrogen and oxygen atoms in total. The lowest BCUT2D eigenvalue weighted by Gasteiger charge is -2.32. The third-order valence-electron chi connectivity index (χ3n) is 4.45. The monoisotopic (exact) mass is 331 g/mol. The van der Waals surface area contributed by atoms with Gasteiger partial charge in [-0.25, -0.2) is 4.39 Å². The molecular formula is C19H26FN3O. The Labute approximate surface area is 143 Å². The van der Waals surface area contributed by atoms with E-state index < -0.39 is 0 Å². The smallest absolute Gasteiger partial charge is 0.132 e. The van der Waals surface area contributed by atoms with Crippen molar-refractivity contribution in [2.75, 3.05) is 19.7 Å². The molecule has 5 heteroatoms. The highest BCUT2D eigenvalue weighted by Crippen LogP contribution is 2.26. The van der Waals surface area contributed by atoms with Crippen LogP contribution in [0.15, 0.2) is 30.5 Å². The predicted molar refractivity (Wildman–Crippen MR) is 93.1 cm³/mol. The van der Waals surface area contributed by atoms with Gasteiger partial charge in [0.1, 0.15) is 5.82 Å². The van der Waals surface area contributed by atoms with Crippen LogP contribution in [0.2, 0.25) is 0 Å². The van der Waals surface area contributed by atoms with Crippen molar-refractivity contribution in [3.8, 4) is 11.3 Å². The SMILES string of the molecule is CCCO[C@H]1CCCN(Cc2cn(C)nc2-c2ccccc2F)C1. The summed E-state index contributed by atoms with van der Waals surface area (Å²) in [5, 5.41) is 4.49. The molecule has 3 rings (SSSR count). The zero-order valence-corrected chi connectivity index (χ0v) is 14.5. The summed E-state index contributed by atoms with van der Waals surface area (Å²) in [5.74, 6) is -0.222. The van der Waals surface area contributed by atoms with Gasteiger partial charge in [-0.1, -0.05) is 19.1 Å². The molecule has 0 spiro atoms. The first-order valence-electron chi connectivity index (χ1n) is 8.78. The second-order valence-corrected chi connectivity index (χ2v) is 6.53. The van der Waals surface area contributed by atoms with Gasteiger partial charge in [0.2, 0.25) is 0 Å². The van der Waals surface area contributed by atoms with Crippen molar-refractivity contribution in [3.63, 3.8) is 0 Å². The Hall–Kier alpha value is -1.72. The molecule has 0 N–H and O–H groups in total. The van der Waals surface area contributed by atoms with Crippen molar-refractivity contribution in [3.05, 3.63) is 41.8 Å². The Morgan fingerprint density at radius 1 is 1.33 bits per heavy atom. The number of hydrogen-bond acceptors (Lipinski definition) is 3. The van der Waals surface area contributed by atoms with Crippen LogP contribution in [0.25, 0.3) is 11.3 Å². The molecule has 1 atom stereocenters. The molecule has 2 heterocycles. The summed E-state index contributed by atoms with van der Waals surface area (Å²) in [5.41, 5.74) is 2.38. The van der Waals surface area contributed by atoms with Crippen molar-refractivity contribution < 1.29 is 9.13 Å². The van der Waals surface area contributed by atoms with Gasteiger partial charge in [0.25, 0.3) is 0 Å². The largest absolute Gasteiger partial charge is 0.377 e. The van der Waals surface area contributed by atoms with Crippen LogP contribution in [0.5, 0.6) is 0 Å². The molecule has 1 aliphatic rings. The highest BCUT2D eigenvalue weighted by atomic mass is 19.1. The number of piperidine rings is 1. The third kappa shape index (κ3) is 4.02. The third-order valence-corrected chi connectivity index (χ3v) is 4.45. The second-order valence-electron chi connectivity index (χ2n) is 6.53. The lowest BCUT2D eigenvalue weighted by Crippen LogP contribution is -2.39. The summed E-state index contributed by atoms with van der Waals surface area (Å²) in [7, 11) is 1.89. The van der Waals surface area contributed by atoms with Crippen LogP contribution in [-0.4, -0.2) is 40.5 Å². The van der Waals surface area contributed by atoms with Crippen LogP contribution in [0, 0.1) is 5.82 Å². The van der Waals surface area contributed by atoms with E-state index in [2.05, 4.69) is 16.9 Å². The number of likely N-dealkylation sites (tertiary alicyclic amines) is 1. The number of halogens is 1. The van der Waals surface area contributed by atoms with Crippen molar-refractivity contribution in [1.82, 2.24) is 14.7 Å². The average molecular weight is 331 g/mol. The lowest BCUT2D eigenvalue weighted by molar-refractivity contribution is -0.00219. The Morgan fingerprint density at radius 3 is 2.96 bits per heavy atom. The normalized spacial score (nSPS) is 18.9. The van der Waals surface area contributed by atoms with Gasteiger partial charge in [0.05, 0.1) is 11.8 Å². The van der Waals surface area contributed by atoms with E-state index in [-0.39, 0.29) is 5.82 Å². The Bertz CT molecular complexity index is 670. The molecule has 130 valence electrons.